The summed E-state index contributed by atoms with van der Waals surface area (Å²) in [6.07, 6.45) is 1.58. The number of nitrogens with zero attached hydrogens (tertiary/aromatic N) is 2. The average Bonchev–Trinajstić information content (AvgIpc) is 2.77. The van der Waals surface area contributed by atoms with Crippen LogP contribution in [-0.4, -0.2) is 20.6 Å². The van der Waals surface area contributed by atoms with Gasteiger partial charge in [0.2, 0.25) is 0 Å². The van der Waals surface area contributed by atoms with Crippen molar-refractivity contribution < 1.29 is 4.79 Å². The van der Waals surface area contributed by atoms with Crippen molar-refractivity contribution in [3.05, 3.63) is 100 Å². The van der Waals surface area contributed by atoms with Gasteiger partial charge < -0.3 is 0 Å². The first-order valence-corrected chi connectivity index (χ1v) is 10.5. The summed E-state index contributed by atoms with van der Waals surface area (Å²) < 4.78 is 1.63. The van der Waals surface area contributed by atoms with Gasteiger partial charge in [-0.15, -0.1) is 0 Å². The number of hydrogen-bond donors (Lipinski definition) is 0. The Balaban J connectivity index is 1.63. The highest BCUT2D eigenvalue weighted by atomic mass is 32.2. The number of aryl methyl sites for hydroxylation is 1. The van der Waals surface area contributed by atoms with Gasteiger partial charge in [0, 0.05) is 5.56 Å². The molecule has 1 aliphatic carbocycles. The Morgan fingerprint density at radius 1 is 0.862 bits per heavy atom. The van der Waals surface area contributed by atoms with Gasteiger partial charge in [0.1, 0.15) is 0 Å². The van der Waals surface area contributed by atoms with Crippen LogP contribution in [0.25, 0.3) is 16.6 Å². The van der Waals surface area contributed by atoms with Crippen LogP contribution in [-0.2, 0) is 6.42 Å². The van der Waals surface area contributed by atoms with Crippen LogP contribution in [0.1, 0.15) is 22.3 Å². The van der Waals surface area contributed by atoms with Crippen LogP contribution < -0.4 is 5.56 Å². The van der Waals surface area contributed by atoms with Crippen molar-refractivity contribution in [1.82, 2.24) is 9.55 Å². The number of benzene rings is 3. The summed E-state index contributed by atoms with van der Waals surface area (Å²) >= 11 is 1.39. The van der Waals surface area contributed by atoms with E-state index in [0.29, 0.717) is 16.1 Å². The summed E-state index contributed by atoms with van der Waals surface area (Å²) in [6.45, 7) is 0. The molecule has 4 nitrogen and oxygen atoms in total. The summed E-state index contributed by atoms with van der Waals surface area (Å²) in [4.78, 5) is 31.1. The lowest BCUT2D eigenvalue weighted by molar-refractivity contribution is 0.0979. The topological polar surface area (TPSA) is 52.0 Å². The third kappa shape index (κ3) is 3.17. The molecule has 0 N–H and O–H groups in total. The maximum Gasteiger partial charge on any atom is 0.266 e. The first kappa shape index (κ1) is 17.9. The summed E-state index contributed by atoms with van der Waals surface area (Å²) in [5.74, 6) is 0.110. The Morgan fingerprint density at radius 2 is 1.59 bits per heavy atom. The lowest BCUT2D eigenvalue weighted by Crippen LogP contribution is -2.27. The van der Waals surface area contributed by atoms with Gasteiger partial charge in [0.05, 0.1) is 21.8 Å². The number of fused-ring (bicyclic) bond motifs is 2. The number of para-hydroxylation sites is 2. The van der Waals surface area contributed by atoms with E-state index in [4.69, 9.17) is 4.98 Å². The van der Waals surface area contributed by atoms with Gasteiger partial charge in [-0.05, 0) is 42.7 Å². The molecule has 5 heteroatoms. The smallest absolute Gasteiger partial charge is 0.266 e. The fourth-order valence-electron chi connectivity index (χ4n) is 3.81. The van der Waals surface area contributed by atoms with E-state index >= 15 is 0 Å². The van der Waals surface area contributed by atoms with Crippen molar-refractivity contribution >= 4 is 28.4 Å². The standard InChI is InChI=1S/C24H18N2O2S/c27-22-18-11-5-4-8-16(18)14-15-21(22)29-24-25-20-13-7-6-12-19(20)23(28)26(24)17-9-2-1-3-10-17/h1-13,21H,14-15H2. The molecular weight excluding hydrogens is 380 g/mol. The molecule has 0 saturated heterocycles. The Hall–Kier alpha value is -3.18. The summed E-state index contributed by atoms with van der Waals surface area (Å²) in [5, 5.41) is 0.867. The van der Waals surface area contributed by atoms with E-state index in [1.807, 2.05) is 72.8 Å². The summed E-state index contributed by atoms with van der Waals surface area (Å²) in [7, 11) is 0. The molecule has 0 spiro atoms. The SMILES string of the molecule is O=C1c2ccccc2CCC1Sc1nc2ccccc2c(=O)n1-c1ccccc1. The van der Waals surface area contributed by atoms with Crippen molar-refractivity contribution in [3.63, 3.8) is 0 Å². The molecule has 0 aliphatic heterocycles. The number of carbonyl (C=O) groups is 1. The number of thioether (sulfide) groups is 1. The molecule has 1 unspecified atom stereocenters. The Bertz CT molecular complexity index is 1280. The first-order valence-electron chi connectivity index (χ1n) is 9.58. The Kier molecular flexibility index (Phi) is 4.52. The minimum absolute atomic E-state index is 0.110. The fourth-order valence-corrected chi connectivity index (χ4v) is 4.97. The van der Waals surface area contributed by atoms with E-state index in [1.165, 1.54) is 11.8 Å². The van der Waals surface area contributed by atoms with Crippen molar-refractivity contribution in [3.8, 4) is 5.69 Å². The first-order chi connectivity index (χ1) is 14.2. The highest BCUT2D eigenvalue weighted by Crippen LogP contribution is 2.33. The number of hydrogen-bond acceptors (Lipinski definition) is 4. The maximum absolute atomic E-state index is 13.3. The lowest BCUT2D eigenvalue weighted by atomic mass is 9.90. The minimum atomic E-state index is -0.257. The zero-order valence-electron chi connectivity index (χ0n) is 15.6. The van der Waals surface area contributed by atoms with Crippen LogP contribution in [0.2, 0.25) is 0 Å². The fraction of sp³-hybridized carbons (Fsp3) is 0.125. The highest BCUT2D eigenvalue weighted by Gasteiger charge is 2.29. The molecule has 4 aromatic rings. The molecule has 1 heterocycles. The van der Waals surface area contributed by atoms with E-state index in [9.17, 15) is 9.59 Å². The molecule has 0 fully saturated rings. The van der Waals surface area contributed by atoms with Gasteiger partial charge in [-0.3, -0.25) is 14.2 Å². The van der Waals surface area contributed by atoms with Crippen LogP contribution in [0.5, 0.6) is 0 Å². The molecule has 1 atom stereocenters. The molecule has 29 heavy (non-hydrogen) atoms. The van der Waals surface area contributed by atoms with E-state index < -0.39 is 0 Å². The molecule has 1 aliphatic rings. The number of rotatable bonds is 3. The van der Waals surface area contributed by atoms with E-state index in [-0.39, 0.29) is 16.6 Å². The molecule has 0 radical (unpaired) electrons. The largest absolute Gasteiger partial charge is 0.293 e. The molecule has 3 aromatic carbocycles. The zero-order valence-corrected chi connectivity index (χ0v) is 16.4. The third-order valence-corrected chi connectivity index (χ3v) is 6.48. The lowest BCUT2D eigenvalue weighted by Gasteiger charge is -2.23. The number of aromatic nitrogens is 2. The summed E-state index contributed by atoms with van der Waals surface area (Å²) in [6, 6.07) is 24.6. The van der Waals surface area contributed by atoms with Gasteiger partial charge in [0.15, 0.2) is 10.9 Å². The van der Waals surface area contributed by atoms with E-state index in [0.717, 1.165) is 29.7 Å². The van der Waals surface area contributed by atoms with E-state index in [1.54, 1.807) is 10.6 Å². The number of carbonyl (C=O) groups excluding carboxylic acids is 1. The maximum atomic E-state index is 13.3. The molecular formula is C24H18N2O2S. The quantitative estimate of drug-likeness (QED) is 0.471. The predicted molar refractivity (Wildman–Crippen MR) is 116 cm³/mol. The third-order valence-electron chi connectivity index (χ3n) is 5.26. The second-order valence-corrected chi connectivity index (χ2v) is 8.22. The van der Waals surface area contributed by atoms with Crippen LogP contribution >= 0.6 is 11.8 Å². The Labute approximate surface area is 172 Å². The zero-order chi connectivity index (χ0) is 19.8. The van der Waals surface area contributed by atoms with Gasteiger partial charge in [-0.2, -0.15) is 0 Å². The molecule has 1 aromatic heterocycles. The second-order valence-electron chi connectivity index (χ2n) is 7.05. The Morgan fingerprint density at radius 3 is 2.45 bits per heavy atom. The van der Waals surface area contributed by atoms with Crippen LogP contribution in [0.4, 0.5) is 0 Å². The van der Waals surface area contributed by atoms with Gasteiger partial charge in [-0.1, -0.05) is 66.4 Å². The monoisotopic (exact) mass is 398 g/mol. The average molecular weight is 398 g/mol. The number of Topliss-reactive ketones (excluding diaryl/α,β-unsaturated/α-hetero) is 1. The van der Waals surface area contributed by atoms with Gasteiger partial charge in [-0.25, -0.2) is 4.98 Å². The summed E-state index contributed by atoms with van der Waals surface area (Å²) in [5.41, 5.74) is 3.16. The van der Waals surface area contributed by atoms with E-state index in [2.05, 4.69) is 0 Å². The van der Waals surface area contributed by atoms with Crippen LogP contribution in [0.3, 0.4) is 0 Å². The molecule has 5 rings (SSSR count). The van der Waals surface area contributed by atoms with Crippen molar-refractivity contribution in [2.45, 2.75) is 23.2 Å². The van der Waals surface area contributed by atoms with Crippen molar-refractivity contribution in [2.75, 3.05) is 0 Å². The molecule has 142 valence electrons. The second kappa shape index (κ2) is 7.33. The predicted octanol–water partition coefficient (Wildman–Crippen LogP) is 4.68. The highest BCUT2D eigenvalue weighted by molar-refractivity contribution is 8.00. The van der Waals surface area contributed by atoms with Crippen molar-refractivity contribution in [2.24, 2.45) is 0 Å². The van der Waals surface area contributed by atoms with Crippen LogP contribution in [0, 0.1) is 0 Å². The van der Waals surface area contributed by atoms with Gasteiger partial charge in [0.25, 0.3) is 5.56 Å². The molecule has 0 saturated carbocycles. The van der Waals surface area contributed by atoms with Gasteiger partial charge >= 0.3 is 0 Å². The van der Waals surface area contributed by atoms with Crippen LogP contribution in [0.15, 0.2) is 88.8 Å². The minimum Gasteiger partial charge on any atom is -0.293 e. The number of ketones is 1. The molecule has 0 amide bonds. The molecule has 0 bridgehead atoms. The normalized spacial score (nSPS) is 16.0. The van der Waals surface area contributed by atoms with Crippen molar-refractivity contribution in [1.29, 1.82) is 0 Å².